The van der Waals surface area contributed by atoms with Gasteiger partial charge in [0.05, 0.1) is 4.92 Å². The average Bonchev–Trinajstić information content (AvgIpc) is 2.33. The fraction of sp³-hybridized carbons (Fsp3) is 0.500. The van der Waals surface area contributed by atoms with Crippen LogP contribution in [0.25, 0.3) is 0 Å². The van der Waals surface area contributed by atoms with E-state index in [9.17, 15) is 23.3 Å². The number of nitro benzene ring substituents is 1. The molecule has 0 bridgehead atoms. The summed E-state index contributed by atoms with van der Waals surface area (Å²) in [5.74, 6) is 0. The van der Waals surface area contributed by atoms with E-state index in [4.69, 9.17) is 0 Å². The van der Waals surface area contributed by atoms with Gasteiger partial charge in [-0.05, 0) is 25.5 Å². The number of nitrogens with one attached hydrogen (secondary N) is 2. The minimum absolute atomic E-state index is 0.0237. The molecule has 0 aliphatic heterocycles. The topological polar surface area (TPSA) is 67.2 Å². The van der Waals surface area contributed by atoms with Crippen molar-refractivity contribution in [1.82, 2.24) is 0 Å². The fourth-order valence-electron chi connectivity index (χ4n) is 1.73. The largest absolute Gasteiger partial charge is 0.389 e. The molecule has 0 aliphatic rings. The molecule has 0 spiro atoms. The molecular weight excluding hydrogens is 275 g/mol. The van der Waals surface area contributed by atoms with Gasteiger partial charge >= 0.3 is 11.9 Å². The lowest BCUT2D eigenvalue weighted by molar-refractivity contribution is -0.383. The first-order valence-corrected chi connectivity index (χ1v) is 6.17. The van der Waals surface area contributed by atoms with Crippen molar-refractivity contribution < 1.29 is 18.1 Å². The van der Waals surface area contributed by atoms with Crippen molar-refractivity contribution in [3.63, 3.8) is 0 Å². The van der Waals surface area contributed by atoms with Crippen LogP contribution in [-0.2, 0) is 0 Å². The van der Waals surface area contributed by atoms with E-state index in [-0.39, 0.29) is 24.3 Å². The van der Waals surface area contributed by atoms with Gasteiger partial charge in [0.25, 0.3) is 0 Å². The van der Waals surface area contributed by atoms with Crippen LogP contribution in [0.2, 0.25) is 0 Å². The van der Waals surface area contributed by atoms with Gasteiger partial charge in [0.2, 0.25) is 0 Å². The molecule has 0 saturated heterocycles. The Labute approximate surface area is 114 Å². The Morgan fingerprint density at radius 1 is 1.25 bits per heavy atom. The van der Waals surface area contributed by atoms with E-state index in [1.54, 1.807) is 19.1 Å². The molecule has 8 heteroatoms. The van der Waals surface area contributed by atoms with Crippen molar-refractivity contribution in [3.8, 4) is 0 Å². The summed E-state index contributed by atoms with van der Waals surface area (Å²) in [6.07, 6.45) is -5.26. The second-order valence-corrected chi connectivity index (χ2v) is 4.13. The molecule has 0 atom stereocenters. The van der Waals surface area contributed by atoms with E-state index in [1.807, 2.05) is 0 Å². The van der Waals surface area contributed by atoms with E-state index in [0.717, 1.165) is 0 Å². The van der Waals surface area contributed by atoms with Gasteiger partial charge in [-0.3, -0.25) is 10.1 Å². The number of nitro groups is 1. The van der Waals surface area contributed by atoms with Gasteiger partial charge in [0.1, 0.15) is 11.4 Å². The number of benzene rings is 1. The molecule has 112 valence electrons. The second kappa shape index (κ2) is 6.97. The molecule has 0 unspecified atom stereocenters. The molecular formula is C12H16F3N3O2. The maximum absolute atomic E-state index is 12.0. The van der Waals surface area contributed by atoms with Crippen LogP contribution in [0.5, 0.6) is 0 Å². The summed E-state index contributed by atoms with van der Waals surface area (Å²) >= 11 is 0. The van der Waals surface area contributed by atoms with E-state index >= 15 is 0 Å². The third kappa shape index (κ3) is 4.94. The zero-order valence-electron chi connectivity index (χ0n) is 11.0. The number of hydrogen-bond donors (Lipinski definition) is 2. The van der Waals surface area contributed by atoms with Crippen LogP contribution in [0, 0.1) is 10.1 Å². The van der Waals surface area contributed by atoms with E-state index in [2.05, 4.69) is 10.6 Å². The van der Waals surface area contributed by atoms with Crippen molar-refractivity contribution in [1.29, 1.82) is 0 Å². The lowest BCUT2D eigenvalue weighted by atomic mass is 10.2. The SMILES string of the molecule is CCNc1cccc(NCCCC(F)(F)F)c1[N+](=O)[O-]. The predicted molar refractivity (Wildman–Crippen MR) is 71.0 cm³/mol. The molecule has 0 heterocycles. The molecule has 20 heavy (non-hydrogen) atoms. The highest BCUT2D eigenvalue weighted by Crippen LogP contribution is 2.32. The normalized spacial score (nSPS) is 11.2. The maximum Gasteiger partial charge on any atom is 0.389 e. The molecule has 0 aromatic heterocycles. The van der Waals surface area contributed by atoms with Crippen molar-refractivity contribution in [2.24, 2.45) is 0 Å². The van der Waals surface area contributed by atoms with Crippen LogP contribution in [0.4, 0.5) is 30.2 Å². The van der Waals surface area contributed by atoms with Crippen molar-refractivity contribution in [2.75, 3.05) is 23.7 Å². The van der Waals surface area contributed by atoms with Gasteiger partial charge in [-0.25, -0.2) is 0 Å². The fourth-order valence-corrected chi connectivity index (χ4v) is 1.73. The first-order chi connectivity index (χ1) is 9.35. The Bertz CT molecular complexity index is 464. The van der Waals surface area contributed by atoms with Crippen LogP contribution in [0.15, 0.2) is 18.2 Å². The summed E-state index contributed by atoms with van der Waals surface area (Å²) in [6, 6.07) is 4.65. The number of nitrogens with zero attached hydrogens (tertiary/aromatic N) is 1. The Kier molecular flexibility index (Phi) is 5.60. The molecule has 1 aromatic carbocycles. The third-order valence-electron chi connectivity index (χ3n) is 2.54. The number of para-hydroxylation sites is 1. The van der Waals surface area contributed by atoms with Crippen LogP contribution >= 0.6 is 0 Å². The lowest BCUT2D eigenvalue weighted by Crippen LogP contribution is -2.12. The number of alkyl halides is 3. The summed E-state index contributed by atoms with van der Waals surface area (Å²) < 4.78 is 36.0. The Hall–Kier alpha value is -1.99. The molecule has 0 radical (unpaired) electrons. The van der Waals surface area contributed by atoms with Gasteiger partial charge in [0.15, 0.2) is 0 Å². The minimum atomic E-state index is -4.21. The summed E-state index contributed by atoms with van der Waals surface area (Å²) in [5, 5.41) is 16.6. The van der Waals surface area contributed by atoms with E-state index in [0.29, 0.717) is 12.2 Å². The van der Waals surface area contributed by atoms with E-state index in [1.165, 1.54) is 6.07 Å². The highest BCUT2D eigenvalue weighted by molar-refractivity contribution is 5.76. The number of rotatable bonds is 7. The summed E-state index contributed by atoms with van der Waals surface area (Å²) in [6.45, 7) is 2.33. The molecule has 0 saturated carbocycles. The first kappa shape index (κ1) is 16.1. The summed E-state index contributed by atoms with van der Waals surface area (Å²) in [5.41, 5.74) is 0.412. The van der Waals surface area contributed by atoms with Crippen LogP contribution in [-0.4, -0.2) is 24.2 Å². The molecule has 1 aromatic rings. The molecule has 0 amide bonds. The number of halogens is 3. The van der Waals surface area contributed by atoms with Crippen LogP contribution < -0.4 is 10.6 Å². The lowest BCUT2D eigenvalue weighted by Gasteiger charge is -2.11. The first-order valence-electron chi connectivity index (χ1n) is 6.17. The van der Waals surface area contributed by atoms with E-state index < -0.39 is 17.5 Å². The van der Waals surface area contributed by atoms with Crippen molar-refractivity contribution in [2.45, 2.75) is 25.9 Å². The summed E-state index contributed by atoms with van der Waals surface area (Å²) in [4.78, 5) is 10.5. The molecule has 5 nitrogen and oxygen atoms in total. The van der Waals surface area contributed by atoms with Gasteiger partial charge in [-0.1, -0.05) is 6.07 Å². The molecule has 0 fully saturated rings. The van der Waals surface area contributed by atoms with Gasteiger partial charge in [-0.2, -0.15) is 13.2 Å². The standard InChI is InChI=1S/C12H16F3N3O2/c1-2-16-9-5-3-6-10(11(9)18(19)20)17-8-4-7-12(13,14)15/h3,5-6,16-17H,2,4,7-8H2,1H3. The quantitative estimate of drug-likeness (QED) is 0.456. The Morgan fingerprint density at radius 3 is 2.35 bits per heavy atom. The Morgan fingerprint density at radius 2 is 1.85 bits per heavy atom. The third-order valence-corrected chi connectivity index (χ3v) is 2.54. The highest BCUT2D eigenvalue weighted by atomic mass is 19.4. The average molecular weight is 291 g/mol. The minimum Gasteiger partial charge on any atom is -0.380 e. The maximum atomic E-state index is 12.0. The number of hydrogen-bond acceptors (Lipinski definition) is 4. The van der Waals surface area contributed by atoms with Crippen molar-refractivity contribution >= 4 is 17.1 Å². The highest BCUT2D eigenvalue weighted by Gasteiger charge is 2.26. The van der Waals surface area contributed by atoms with Crippen molar-refractivity contribution in [3.05, 3.63) is 28.3 Å². The van der Waals surface area contributed by atoms with Gasteiger partial charge in [0, 0.05) is 19.5 Å². The second-order valence-electron chi connectivity index (χ2n) is 4.13. The molecule has 0 aliphatic carbocycles. The summed E-state index contributed by atoms with van der Waals surface area (Å²) in [7, 11) is 0. The zero-order valence-corrected chi connectivity index (χ0v) is 11.0. The van der Waals surface area contributed by atoms with Crippen LogP contribution in [0.3, 0.4) is 0 Å². The zero-order chi connectivity index (χ0) is 15.2. The van der Waals surface area contributed by atoms with Gasteiger partial charge < -0.3 is 10.6 Å². The smallest absolute Gasteiger partial charge is 0.380 e. The number of anilines is 2. The Balaban J connectivity index is 2.74. The van der Waals surface area contributed by atoms with Crippen LogP contribution in [0.1, 0.15) is 19.8 Å². The predicted octanol–water partition coefficient (Wildman–Crippen LogP) is 3.78. The van der Waals surface area contributed by atoms with Gasteiger partial charge in [-0.15, -0.1) is 0 Å². The molecule has 2 N–H and O–H groups in total. The monoisotopic (exact) mass is 291 g/mol. The molecule has 1 rings (SSSR count).